The SMILES string of the molecule is CNC(=O)CCN(C)S(=O)(=O)c1c(F)cc(N)cc1F. The van der Waals surface area contributed by atoms with Crippen LogP contribution in [-0.4, -0.2) is 39.3 Å². The number of anilines is 1. The molecule has 9 heteroatoms. The monoisotopic (exact) mass is 307 g/mol. The number of nitrogen functional groups attached to an aromatic ring is 1. The highest BCUT2D eigenvalue weighted by molar-refractivity contribution is 7.89. The lowest BCUT2D eigenvalue weighted by Crippen LogP contribution is -2.32. The van der Waals surface area contributed by atoms with E-state index in [-0.39, 0.29) is 24.6 Å². The van der Waals surface area contributed by atoms with Gasteiger partial charge in [-0.3, -0.25) is 4.79 Å². The second kappa shape index (κ2) is 6.14. The van der Waals surface area contributed by atoms with E-state index in [1.54, 1.807) is 0 Å². The molecule has 0 aliphatic rings. The molecule has 1 amide bonds. The Balaban J connectivity index is 3.08. The first kappa shape index (κ1) is 16.3. The van der Waals surface area contributed by atoms with Crippen LogP contribution < -0.4 is 11.1 Å². The maximum Gasteiger partial charge on any atom is 0.248 e. The molecule has 1 rings (SSSR count). The fourth-order valence-corrected chi connectivity index (χ4v) is 2.74. The minimum Gasteiger partial charge on any atom is -0.399 e. The summed E-state index contributed by atoms with van der Waals surface area (Å²) >= 11 is 0. The Labute approximate surface area is 115 Å². The molecule has 0 heterocycles. The fourth-order valence-electron chi connectivity index (χ4n) is 1.49. The first-order valence-corrected chi connectivity index (χ1v) is 7.05. The smallest absolute Gasteiger partial charge is 0.248 e. The molecular formula is C11H15F2N3O3S. The van der Waals surface area contributed by atoms with Crippen LogP contribution >= 0.6 is 0 Å². The van der Waals surface area contributed by atoms with Crippen LogP contribution in [0.5, 0.6) is 0 Å². The Kier molecular flexibility index (Phi) is 5.01. The first-order valence-electron chi connectivity index (χ1n) is 5.61. The van der Waals surface area contributed by atoms with Gasteiger partial charge in [0.15, 0.2) is 4.90 Å². The van der Waals surface area contributed by atoms with Crippen LogP contribution in [0.1, 0.15) is 6.42 Å². The molecule has 0 aliphatic carbocycles. The van der Waals surface area contributed by atoms with Gasteiger partial charge in [0.05, 0.1) is 0 Å². The Morgan fingerprint density at radius 2 is 1.85 bits per heavy atom. The highest BCUT2D eigenvalue weighted by atomic mass is 32.2. The number of amides is 1. The van der Waals surface area contributed by atoms with E-state index in [9.17, 15) is 22.0 Å². The Hall–Kier alpha value is -1.74. The van der Waals surface area contributed by atoms with Crippen molar-refractivity contribution in [2.24, 2.45) is 0 Å². The standard InChI is InChI=1S/C11H15F2N3O3S/c1-15-10(17)3-4-16(2)20(18,19)11-8(12)5-7(14)6-9(11)13/h5-6H,3-4,14H2,1-2H3,(H,15,17). The number of carbonyl (C=O) groups is 1. The second-order valence-electron chi connectivity index (χ2n) is 4.06. The topological polar surface area (TPSA) is 92.5 Å². The van der Waals surface area contributed by atoms with Crippen LogP contribution in [0.25, 0.3) is 0 Å². The average Bonchev–Trinajstić information content (AvgIpc) is 2.33. The Morgan fingerprint density at radius 3 is 2.30 bits per heavy atom. The van der Waals surface area contributed by atoms with Gasteiger partial charge < -0.3 is 11.1 Å². The van der Waals surface area contributed by atoms with Crippen molar-refractivity contribution in [1.82, 2.24) is 9.62 Å². The second-order valence-corrected chi connectivity index (χ2v) is 6.05. The summed E-state index contributed by atoms with van der Waals surface area (Å²) in [5, 5.41) is 2.32. The van der Waals surface area contributed by atoms with E-state index < -0.39 is 26.6 Å². The summed E-state index contributed by atoms with van der Waals surface area (Å²) in [4.78, 5) is 9.98. The summed E-state index contributed by atoms with van der Waals surface area (Å²) in [5.41, 5.74) is 5.01. The quantitative estimate of drug-likeness (QED) is 0.765. The number of nitrogens with two attached hydrogens (primary N) is 1. The van der Waals surface area contributed by atoms with E-state index in [4.69, 9.17) is 5.73 Å². The average molecular weight is 307 g/mol. The number of nitrogens with zero attached hydrogens (tertiary/aromatic N) is 1. The molecule has 112 valence electrons. The van der Waals surface area contributed by atoms with Gasteiger partial charge in [-0.15, -0.1) is 0 Å². The summed E-state index contributed by atoms with van der Waals surface area (Å²) in [5.74, 6) is -2.92. The number of nitrogens with one attached hydrogen (secondary N) is 1. The largest absolute Gasteiger partial charge is 0.399 e. The maximum atomic E-state index is 13.6. The van der Waals surface area contributed by atoms with E-state index in [2.05, 4.69) is 5.32 Å². The van der Waals surface area contributed by atoms with Gasteiger partial charge in [0, 0.05) is 32.7 Å². The van der Waals surface area contributed by atoms with Crippen LogP contribution in [0.3, 0.4) is 0 Å². The summed E-state index contributed by atoms with van der Waals surface area (Å²) in [6.07, 6.45) is -0.121. The van der Waals surface area contributed by atoms with Crippen molar-refractivity contribution in [2.45, 2.75) is 11.3 Å². The van der Waals surface area contributed by atoms with Crippen LogP contribution in [0.15, 0.2) is 17.0 Å². The van der Waals surface area contributed by atoms with Crippen LogP contribution in [0.4, 0.5) is 14.5 Å². The third kappa shape index (κ3) is 3.42. The predicted molar refractivity (Wildman–Crippen MR) is 69.3 cm³/mol. The molecule has 0 saturated carbocycles. The van der Waals surface area contributed by atoms with Gasteiger partial charge in [-0.2, -0.15) is 0 Å². The van der Waals surface area contributed by atoms with Gasteiger partial charge in [0.25, 0.3) is 0 Å². The molecule has 0 fully saturated rings. The molecule has 1 aromatic carbocycles. The molecule has 6 nitrogen and oxygen atoms in total. The highest BCUT2D eigenvalue weighted by Gasteiger charge is 2.29. The molecule has 0 radical (unpaired) electrons. The molecule has 1 aromatic rings. The molecule has 0 aromatic heterocycles. The molecule has 0 spiro atoms. The summed E-state index contributed by atoms with van der Waals surface area (Å²) in [6.45, 7) is -0.203. The molecule has 0 saturated heterocycles. The molecule has 0 bridgehead atoms. The van der Waals surface area contributed by atoms with Crippen molar-refractivity contribution in [3.05, 3.63) is 23.8 Å². The van der Waals surface area contributed by atoms with E-state index in [1.807, 2.05) is 0 Å². The maximum absolute atomic E-state index is 13.6. The summed E-state index contributed by atoms with van der Waals surface area (Å²) in [6, 6.07) is 1.45. The first-order chi connectivity index (χ1) is 9.20. The van der Waals surface area contributed by atoms with Crippen LogP contribution in [0, 0.1) is 11.6 Å². The highest BCUT2D eigenvalue weighted by Crippen LogP contribution is 2.24. The fraction of sp³-hybridized carbons (Fsp3) is 0.364. The van der Waals surface area contributed by atoms with Crippen LogP contribution in [0.2, 0.25) is 0 Å². The summed E-state index contributed by atoms with van der Waals surface area (Å²) < 4.78 is 52.1. The minimum atomic E-state index is -4.37. The van der Waals surface area contributed by atoms with Gasteiger partial charge in [0.1, 0.15) is 11.6 Å². The van der Waals surface area contributed by atoms with Gasteiger partial charge in [0.2, 0.25) is 15.9 Å². The predicted octanol–water partition coefficient (Wildman–Crippen LogP) is 0.304. The van der Waals surface area contributed by atoms with E-state index >= 15 is 0 Å². The molecule has 3 N–H and O–H groups in total. The molecule has 20 heavy (non-hydrogen) atoms. The van der Waals surface area contributed by atoms with Crippen molar-refractivity contribution in [1.29, 1.82) is 0 Å². The zero-order valence-corrected chi connectivity index (χ0v) is 11.8. The van der Waals surface area contributed by atoms with E-state index in [0.29, 0.717) is 4.31 Å². The Bertz CT molecular complexity index is 596. The third-order valence-corrected chi connectivity index (χ3v) is 4.53. The van der Waals surface area contributed by atoms with Gasteiger partial charge in [-0.1, -0.05) is 0 Å². The normalized spacial score (nSPS) is 11.7. The third-order valence-electron chi connectivity index (χ3n) is 2.62. The van der Waals surface area contributed by atoms with E-state index in [0.717, 1.165) is 19.2 Å². The number of benzene rings is 1. The van der Waals surface area contributed by atoms with Crippen LogP contribution in [-0.2, 0) is 14.8 Å². The number of hydrogen-bond donors (Lipinski definition) is 2. The molecular weight excluding hydrogens is 292 g/mol. The minimum absolute atomic E-state index is 0.121. The van der Waals surface area contributed by atoms with Crippen molar-refractivity contribution in [2.75, 3.05) is 26.4 Å². The van der Waals surface area contributed by atoms with Crippen molar-refractivity contribution in [3.8, 4) is 0 Å². The van der Waals surface area contributed by atoms with Gasteiger partial charge >= 0.3 is 0 Å². The lowest BCUT2D eigenvalue weighted by molar-refractivity contribution is -0.120. The number of hydrogen-bond acceptors (Lipinski definition) is 4. The number of sulfonamides is 1. The van der Waals surface area contributed by atoms with Crippen molar-refractivity contribution < 1.29 is 22.0 Å². The van der Waals surface area contributed by atoms with Crippen molar-refractivity contribution in [3.63, 3.8) is 0 Å². The van der Waals surface area contributed by atoms with Crippen molar-refractivity contribution >= 4 is 21.6 Å². The number of halogens is 2. The molecule has 0 unspecified atom stereocenters. The number of rotatable bonds is 5. The van der Waals surface area contributed by atoms with Gasteiger partial charge in [-0.05, 0) is 12.1 Å². The lowest BCUT2D eigenvalue weighted by Gasteiger charge is -2.17. The lowest BCUT2D eigenvalue weighted by atomic mass is 10.3. The number of carbonyl (C=O) groups excluding carboxylic acids is 1. The molecule has 0 atom stereocenters. The zero-order chi connectivity index (χ0) is 15.5. The van der Waals surface area contributed by atoms with Gasteiger partial charge in [-0.25, -0.2) is 21.5 Å². The summed E-state index contributed by atoms with van der Waals surface area (Å²) in [7, 11) is -1.84. The molecule has 0 aliphatic heterocycles. The Morgan fingerprint density at radius 1 is 1.35 bits per heavy atom. The zero-order valence-electron chi connectivity index (χ0n) is 11.0. The van der Waals surface area contributed by atoms with E-state index in [1.165, 1.54) is 7.05 Å².